The number of nitrogens with one attached hydrogen (secondary N) is 1. The summed E-state index contributed by atoms with van der Waals surface area (Å²) in [5, 5.41) is 2.69. The van der Waals surface area contributed by atoms with E-state index >= 15 is 0 Å². The van der Waals surface area contributed by atoms with E-state index in [9.17, 15) is 13.2 Å². The second-order valence-corrected chi connectivity index (χ2v) is 13.3. The molecule has 0 aromatic rings. The van der Waals surface area contributed by atoms with Crippen molar-refractivity contribution >= 4 is 31.9 Å². The smallest absolute Gasteiger partial charge is 0.235 e. The quantitative estimate of drug-likeness (QED) is 0.479. The molecule has 0 heterocycles. The van der Waals surface area contributed by atoms with Crippen LogP contribution in [0.5, 0.6) is 0 Å². The second kappa shape index (κ2) is 12.0. The van der Waals surface area contributed by atoms with Crippen LogP contribution in [-0.2, 0) is 24.3 Å². The molecule has 7 nitrogen and oxygen atoms in total. The zero-order chi connectivity index (χ0) is 23.3. The van der Waals surface area contributed by atoms with Crippen molar-refractivity contribution in [3.05, 3.63) is 0 Å². The molecule has 186 valence electrons. The first-order valence-corrected chi connectivity index (χ1v) is 14.7. The Kier molecular flexibility index (Phi) is 9.86. The van der Waals surface area contributed by atoms with Crippen molar-refractivity contribution < 1.29 is 22.7 Å². The van der Waals surface area contributed by atoms with Gasteiger partial charge < -0.3 is 14.8 Å². The highest BCUT2D eigenvalue weighted by Crippen LogP contribution is 2.34. The van der Waals surface area contributed by atoms with Gasteiger partial charge in [-0.2, -0.15) is 4.31 Å². The topological polar surface area (TPSA) is 84.9 Å². The summed E-state index contributed by atoms with van der Waals surface area (Å²) in [7, 11) is -0.343. The summed E-state index contributed by atoms with van der Waals surface area (Å²) in [4.78, 5) is 13.4. The fourth-order valence-corrected chi connectivity index (χ4v) is 8.50. The van der Waals surface area contributed by atoms with Crippen LogP contribution in [0.25, 0.3) is 0 Å². The molecule has 9 heteroatoms. The molecule has 3 fully saturated rings. The molecule has 5 atom stereocenters. The summed E-state index contributed by atoms with van der Waals surface area (Å²) in [6.07, 6.45) is 9.18. The number of carbonyl (C=O) groups is 1. The molecule has 3 saturated carbocycles. The molecular formula is C23H41BrN2O5S. The van der Waals surface area contributed by atoms with E-state index in [1.165, 1.54) is 4.31 Å². The maximum atomic E-state index is 13.9. The highest BCUT2D eigenvalue weighted by Gasteiger charge is 2.44. The number of alkyl halides is 1. The average Bonchev–Trinajstić information content (AvgIpc) is 2.78. The van der Waals surface area contributed by atoms with Gasteiger partial charge in [0.1, 0.15) is 0 Å². The van der Waals surface area contributed by atoms with Crippen molar-refractivity contribution in [1.82, 2.24) is 9.62 Å². The molecule has 0 radical (unpaired) electrons. The van der Waals surface area contributed by atoms with Gasteiger partial charge in [-0.3, -0.25) is 4.79 Å². The minimum absolute atomic E-state index is 0.0243. The summed E-state index contributed by atoms with van der Waals surface area (Å²) < 4.78 is 40.6. The van der Waals surface area contributed by atoms with E-state index in [0.717, 1.165) is 51.4 Å². The van der Waals surface area contributed by atoms with E-state index in [4.69, 9.17) is 9.47 Å². The van der Waals surface area contributed by atoms with E-state index in [-0.39, 0.29) is 41.6 Å². The Labute approximate surface area is 202 Å². The Hall–Kier alpha value is -0.220. The average molecular weight is 538 g/mol. The van der Waals surface area contributed by atoms with Crippen LogP contribution in [-0.4, -0.2) is 73.8 Å². The number of methoxy groups -OCH3 is 2. The van der Waals surface area contributed by atoms with Gasteiger partial charge in [-0.1, -0.05) is 35.7 Å². The predicted octanol–water partition coefficient (Wildman–Crippen LogP) is 3.60. The number of carbonyl (C=O) groups excluding carboxylic acids is 1. The number of halogens is 1. The zero-order valence-electron chi connectivity index (χ0n) is 19.8. The molecule has 1 amide bonds. The van der Waals surface area contributed by atoms with E-state index < -0.39 is 15.3 Å². The molecule has 3 aliphatic carbocycles. The Bertz CT molecular complexity index is 713. The van der Waals surface area contributed by atoms with E-state index in [1.54, 1.807) is 14.2 Å². The summed E-state index contributed by atoms with van der Waals surface area (Å²) in [5.41, 5.74) is 0. The Morgan fingerprint density at radius 3 is 2.31 bits per heavy atom. The summed E-state index contributed by atoms with van der Waals surface area (Å²) in [6.45, 7) is 2.03. The Morgan fingerprint density at radius 2 is 1.69 bits per heavy atom. The molecule has 0 bridgehead atoms. The minimum Gasteiger partial charge on any atom is -0.381 e. The van der Waals surface area contributed by atoms with Crippen LogP contribution in [0.4, 0.5) is 0 Å². The highest BCUT2D eigenvalue weighted by molar-refractivity contribution is 9.09. The lowest BCUT2D eigenvalue weighted by atomic mass is 9.90. The molecule has 0 aromatic carbocycles. The first-order valence-electron chi connectivity index (χ1n) is 12.3. The van der Waals surface area contributed by atoms with Gasteiger partial charge in [0.05, 0.1) is 30.0 Å². The predicted molar refractivity (Wildman–Crippen MR) is 129 cm³/mol. The number of amides is 1. The second-order valence-electron chi connectivity index (χ2n) is 9.96. The number of ether oxygens (including phenoxy) is 2. The third-order valence-electron chi connectivity index (χ3n) is 7.75. The molecule has 3 aliphatic rings. The Morgan fingerprint density at radius 1 is 1.00 bits per heavy atom. The van der Waals surface area contributed by atoms with Gasteiger partial charge in [-0.25, -0.2) is 8.42 Å². The van der Waals surface area contributed by atoms with Crippen LogP contribution in [0.2, 0.25) is 0 Å². The molecule has 0 saturated heterocycles. The van der Waals surface area contributed by atoms with Gasteiger partial charge in [0.25, 0.3) is 0 Å². The van der Waals surface area contributed by atoms with Crippen LogP contribution in [0.3, 0.4) is 0 Å². The lowest BCUT2D eigenvalue weighted by Gasteiger charge is -2.42. The molecule has 0 spiro atoms. The Balaban J connectivity index is 1.82. The molecule has 0 aromatic heterocycles. The fraction of sp³-hybridized carbons (Fsp3) is 0.957. The number of rotatable bonds is 8. The van der Waals surface area contributed by atoms with Gasteiger partial charge in [0.15, 0.2) is 0 Å². The van der Waals surface area contributed by atoms with Crippen LogP contribution < -0.4 is 5.32 Å². The van der Waals surface area contributed by atoms with Gasteiger partial charge in [-0.05, 0) is 63.7 Å². The third kappa shape index (κ3) is 6.46. The standard InChI is InChI=1S/C23H41BrN2O5S/c1-16-8-11-18(12-9-16)32(28,29)26(21-14-17(30-2)10-13-22(21)31-3)15-23(27)25-20-7-5-4-6-19(20)24/h16-22H,4-15H2,1-3H3,(H,25,27). The van der Waals surface area contributed by atoms with Crippen LogP contribution >= 0.6 is 15.9 Å². The van der Waals surface area contributed by atoms with Crippen LogP contribution in [0, 0.1) is 5.92 Å². The number of sulfonamides is 1. The van der Waals surface area contributed by atoms with Gasteiger partial charge in [-0.15, -0.1) is 0 Å². The molecule has 32 heavy (non-hydrogen) atoms. The van der Waals surface area contributed by atoms with Gasteiger partial charge >= 0.3 is 0 Å². The first kappa shape index (κ1) is 26.4. The lowest BCUT2D eigenvalue weighted by Crippen LogP contribution is -2.57. The summed E-state index contributed by atoms with van der Waals surface area (Å²) in [6, 6.07) is -0.340. The molecule has 3 rings (SSSR count). The number of hydrogen-bond donors (Lipinski definition) is 1. The fourth-order valence-electron chi connectivity index (χ4n) is 5.63. The van der Waals surface area contributed by atoms with Crippen molar-refractivity contribution in [2.24, 2.45) is 5.92 Å². The van der Waals surface area contributed by atoms with E-state index in [0.29, 0.717) is 25.2 Å². The van der Waals surface area contributed by atoms with Crippen LogP contribution in [0.1, 0.15) is 77.6 Å². The van der Waals surface area contributed by atoms with Crippen molar-refractivity contribution in [2.75, 3.05) is 20.8 Å². The van der Waals surface area contributed by atoms with Crippen molar-refractivity contribution in [3.8, 4) is 0 Å². The van der Waals surface area contributed by atoms with Crippen molar-refractivity contribution in [1.29, 1.82) is 0 Å². The zero-order valence-corrected chi connectivity index (χ0v) is 22.2. The summed E-state index contributed by atoms with van der Waals surface area (Å²) in [5.74, 6) is 0.336. The molecular weight excluding hydrogens is 496 g/mol. The van der Waals surface area contributed by atoms with Gasteiger partial charge in [0.2, 0.25) is 15.9 Å². The van der Waals surface area contributed by atoms with Crippen molar-refractivity contribution in [2.45, 2.75) is 112 Å². The first-order chi connectivity index (χ1) is 15.3. The third-order valence-corrected chi connectivity index (χ3v) is 11.2. The monoisotopic (exact) mass is 536 g/mol. The maximum absolute atomic E-state index is 13.9. The number of hydrogen-bond acceptors (Lipinski definition) is 5. The normalized spacial score (nSPS) is 36.7. The van der Waals surface area contributed by atoms with E-state index in [2.05, 4.69) is 28.2 Å². The van der Waals surface area contributed by atoms with Gasteiger partial charge in [0, 0.05) is 25.1 Å². The molecule has 1 N–H and O–H groups in total. The lowest BCUT2D eigenvalue weighted by molar-refractivity contribution is -0.123. The van der Waals surface area contributed by atoms with Crippen LogP contribution in [0.15, 0.2) is 0 Å². The maximum Gasteiger partial charge on any atom is 0.235 e. The van der Waals surface area contributed by atoms with E-state index in [1.807, 2.05) is 0 Å². The summed E-state index contributed by atoms with van der Waals surface area (Å²) >= 11 is 3.69. The number of nitrogens with zero attached hydrogens (tertiary/aromatic N) is 1. The highest BCUT2D eigenvalue weighted by atomic mass is 79.9. The SMILES string of the molecule is COC1CCC(OC)C(N(CC(=O)NC2CCCCC2Br)S(=O)(=O)C2CCC(C)CC2)C1. The van der Waals surface area contributed by atoms with Crippen molar-refractivity contribution in [3.63, 3.8) is 0 Å². The molecule has 5 unspecified atom stereocenters. The molecule has 0 aliphatic heterocycles. The minimum atomic E-state index is -3.65. The largest absolute Gasteiger partial charge is 0.381 e.